The van der Waals surface area contributed by atoms with Crippen LogP contribution in [0.2, 0.25) is 0 Å². The Morgan fingerprint density at radius 3 is 1.93 bits per heavy atom. The number of rotatable bonds is 6. The van der Waals surface area contributed by atoms with Crippen molar-refractivity contribution in [3.63, 3.8) is 0 Å². The van der Waals surface area contributed by atoms with Gasteiger partial charge in [0.2, 0.25) is 5.91 Å². The molecule has 0 bridgehead atoms. The summed E-state index contributed by atoms with van der Waals surface area (Å²) in [6.45, 7) is 2.04. The van der Waals surface area contributed by atoms with Gasteiger partial charge in [0.1, 0.15) is 0 Å². The summed E-state index contributed by atoms with van der Waals surface area (Å²) in [6, 6.07) is 30.0. The second-order valence-electron chi connectivity index (χ2n) is 7.21. The van der Waals surface area contributed by atoms with Gasteiger partial charge in [-0.3, -0.25) is 4.79 Å². The molecule has 4 rings (SSSR count). The van der Waals surface area contributed by atoms with E-state index in [1.54, 1.807) is 10.9 Å². The number of nitrogens with zero attached hydrogens (tertiary/aromatic N) is 2. The van der Waals surface area contributed by atoms with Crippen molar-refractivity contribution in [2.75, 3.05) is 0 Å². The number of benzene rings is 3. The summed E-state index contributed by atoms with van der Waals surface area (Å²) in [6.07, 6.45) is 3.91. The second-order valence-corrected chi connectivity index (χ2v) is 7.21. The Balaban J connectivity index is 1.56. The van der Waals surface area contributed by atoms with E-state index < -0.39 is 5.54 Å². The highest BCUT2D eigenvalue weighted by atomic mass is 16.1. The van der Waals surface area contributed by atoms with Crippen LogP contribution in [0.25, 0.3) is 5.69 Å². The molecule has 0 fully saturated rings. The minimum atomic E-state index is -0.616. The monoisotopic (exact) mass is 381 g/mol. The first-order valence-electron chi connectivity index (χ1n) is 9.66. The van der Waals surface area contributed by atoms with E-state index in [9.17, 15) is 4.79 Å². The van der Waals surface area contributed by atoms with E-state index in [0.29, 0.717) is 0 Å². The fourth-order valence-electron chi connectivity index (χ4n) is 3.54. The van der Waals surface area contributed by atoms with Gasteiger partial charge in [-0.15, -0.1) is 0 Å². The van der Waals surface area contributed by atoms with Gasteiger partial charge in [0.05, 0.1) is 23.8 Å². The van der Waals surface area contributed by atoms with Crippen molar-refractivity contribution in [3.8, 4) is 5.69 Å². The predicted octanol–water partition coefficient (Wildman–Crippen LogP) is 4.49. The molecule has 0 aliphatic rings. The van der Waals surface area contributed by atoms with Crippen molar-refractivity contribution in [3.05, 3.63) is 120 Å². The number of aromatic nitrogens is 2. The molecule has 144 valence electrons. The van der Waals surface area contributed by atoms with Crippen molar-refractivity contribution in [1.29, 1.82) is 0 Å². The maximum absolute atomic E-state index is 13.0. The summed E-state index contributed by atoms with van der Waals surface area (Å²) in [4.78, 5) is 13.0. The zero-order chi connectivity index (χ0) is 20.1. The molecule has 3 aromatic carbocycles. The summed E-state index contributed by atoms with van der Waals surface area (Å²) < 4.78 is 1.79. The van der Waals surface area contributed by atoms with Gasteiger partial charge in [-0.1, -0.05) is 78.9 Å². The fourth-order valence-corrected chi connectivity index (χ4v) is 3.54. The molecule has 0 aliphatic carbocycles. The number of carbonyl (C=O) groups excluding carboxylic acids is 1. The molecule has 1 aromatic heterocycles. The molecule has 1 amide bonds. The Kier molecular flexibility index (Phi) is 5.25. The number of nitrogens with one attached hydrogen (secondary N) is 1. The van der Waals surface area contributed by atoms with Crippen LogP contribution in [0, 0.1) is 0 Å². The van der Waals surface area contributed by atoms with Gasteiger partial charge in [0, 0.05) is 6.20 Å². The molecule has 4 nitrogen and oxygen atoms in total. The van der Waals surface area contributed by atoms with Gasteiger partial charge in [0.15, 0.2) is 0 Å². The zero-order valence-corrected chi connectivity index (χ0v) is 16.3. The van der Waals surface area contributed by atoms with E-state index in [0.717, 1.165) is 22.4 Å². The lowest BCUT2D eigenvalue weighted by molar-refractivity contribution is -0.121. The topological polar surface area (TPSA) is 46.9 Å². The third kappa shape index (κ3) is 4.11. The molecule has 0 atom stereocenters. The molecule has 4 heteroatoms. The average Bonchev–Trinajstić information content (AvgIpc) is 3.24. The number of hydrogen-bond acceptors (Lipinski definition) is 2. The van der Waals surface area contributed by atoms with Gasteiger partial charge in [-0.05, 0) is 35.7 Å². The third-order valence-electron chi connectivity index (χ3n) is 5.11. The summed E-state index contributed by atoms with van der Waals surface area (Å²) in [5.41, 5.74) is 3.31. The number of amides is 1. The Labute approximate surface area is 170 Å². The largest absolute Gasteiger partial charge is 0.342 e. The van der Waals surface area contributed by atoms with E-state index in [2.05, 4.69) is 10.4 Å². The first-order chi connectivity index (χ1) is 14.1. The van der Waals surface area contributed by atoms with E-state index in [1.807, 2.05) is 104 Å². The van der Waals surface area contributed by atoms with Crippen LogP contribution in [0.3, 0.4) is 0 Å². The van der Waals surface area contributed by atoms with Crippen LogP contribution >= 0.6 is 0 Å². The maximum Gasteiger partial charge on any atom is 0.225 e. The third-order valence-corrected chi connectivity index (χ3v) is 5.11. The molecular weight excluding hydrogens is 358 g/mol. The highest BCUT2D eigenvalue weighted by molar-refractivity contribution is 5.80. The van der Waals surface area contributed by atoms with Crippen molar-refractivity contribution < 1.29 is 4.79 Å². The van der Waals surface area contributed by atoms with Crippen LogP contribution in [0.5, 0.6) is 0 Å². The highest BCUT2D eigenvalue weighted by Gasteiger charge is 2.30. The van der Waals surface area contributed by atoms with Crippen molar-refractivity contribution >= 4 is 5.91 Å². The number of carbonyl (C=O) groups is 1. The first kappa shape index (κ1) is 18.7. The maximum atomic E-state index is 13.0. The lowest BCUT2D eigenvalue weighted by Gasteiger charge is -2.32. The minimum absolute atomic E-state index is 0.0483. The van der Waals surface area contributed by atoms with Crippen LogP contribution < -0.4 is 5.32 Å². The van der Waals surface area contributed by atoms with Crippen LogP contribution in [0.1, 0.15) is 23.6 Å². The summed E-state index contributed by atoms with van der Waals surface area (Å²) in [5, 5.41) is 7.64. The molecule has 29 heavy (non-hydrogen) atoms. The summed E-state index contributed by atoms with van der Waals surface area (Å²) in [5.74, 6) is -0.0483. The smallest absolute Gasteiger partial charge is 0.225 e. The standard InChI is InChI=1S/C25H23N3O/c1-25(21-11-5-2-6-12-21,22-13-7-3-8-14-22)27-24(29)17-20-18-26-28(19-20)23-15-9-4-10-16-23/h2-16,18-19H,17H2,1H3,(H,27,29). The van der Waals surface area contributed by atoms with Gasteiger partial charge in [0.25, 0.3) is 0 Å². The van der Waals surface area contributed by atoms with Crippen LogP contribution in [0.4, 0.5) is 0 Å². The van der Waals surface area contributed by atoms with Gasteiger partial charge >= 0.3 is 0 Å². The molecule has 0 spiro atoms. The SMILES string of the molecule is CC(NC(=O)Cc1cnn(-c2ccccc2)c1)(c1ccccc1)c1ccccc1. The van der Waals surface area contributed by atoms with Crippen LogP contribution in [-0.4, -0.2) is 15.7 Å². The molecule has 1 N–H and O–H groups in total. The zero-order valence-electron chi connectivity index (χ0n) is 16.3. The van der Waals surface area contributed by atoms with Gasteiger partial charge in [-0.2, -0.15) is 5.10 Å². The van der Waals surface area contributed by atoms with Gasteiger partial charge in [-0.25, -0.2) is 4.68 Å². The number of hydrogen-bond donors (Lipinski definition) is 1. The van der Waals surface area contributed by atoms with Crippen molar-refractivity contribution in [1.82, 2.24) is 15.1 Å². The Morgan fingerprint density at radius 1 is 0.862 bits per heavy atom. The van der Waals surface area contributed by atoms with Gasteiger partial charge < -0.3 is 5.32 Å². The van der Waals surface area contributed by atoms with Crippen LogP contribution in [0.15, 0.2) is 103 Å². The van der Waals surface area contributed by atoms with E-state index in [4.69, 9.17) is 0 Å². The van der Waals surface area contributed by atoms with Crippen LogP contribution in [-0.2, 0) is 16.8 Å². The summed E-state index contributed by atoms with van der Waals surface area (Å²) in [7, 11) is 0. The Hall–Kier alpha value is -3.66. The quantitative estimate of drug-likeness (QED) is 0.535. The first-order valence-corrected chi connectivity index (χ1v) is 9.66. The normalized spacial score (nSPS) is 11.2. The molecule has 0 unspecified atom stereocenters. The van der Waals surface area contributed by atoms with E-state index in [1.165, 1.54) is 0 Å². The lowest BCUT2D eigenvalue weighted by Crippen LogP contribution is -2.45. The van der Waals surface area contributed by atoms with Crippen molar-refractivity contribution in [2.45, 2.75) is 18.9 Å². The summed E-state index contributed by atoms with van der Waals surface area (Å²) >= 11 is 0. The Bertz CT molecular complexity index is 1030. The predicted molar refractivity (Wildman–Crippen MR) is 115 cm³/mol. The molecule has 0 saturated carbocycles. The average molecular weight is 381 g/mol. The lowest BCUT2D eigenvalue weighted by atomic mass is 9.84. The van der Waals surface area contributed by atoms with E-state index >= 15 is 0 Å². The molecule has 4 aromatic rings. The second kappa shape index (κ2) is 8.15. The number of para-hydroxylation sites is 1. The minimum Gasteiger partial charge on any atom is -0.342 e. The molecular formula is C25H23N3O. The molecule has 1 heterocycles. The van der Waals surface area contributed by atoms with Crippen molar-refractivity contribution in [2.24, 2.45) is 0 Å². The van der Waals surface area contributed by atoms with E-state index in [-0.39, 0.29) is 12.3 Å². The molecule has 0 aliphatic heterocycles. The molecule has 0 radical (unpaired) electrons. The highest BCUT2D eigenvalue weighted by Crippen LogP contribution is 2.29. The molecule has 0 saturated heterocycles. The fraction of sp³-hybridized carbons (Fsp3) is 0.120. The Morgan fingerprint density at radius 2 is 1.38 bits per heavy atom.